The van der Waals surface area contributed by atoms with Crippen LogP contribution in [0.15, 0.2) is 18.3 Å². The molecule has 1 aromatic rings. The Morgan fingerprint density at radius 1 is 1.29 bits per heavy atom. The second-order valence-electron chi connectivity index (χ2n) is 5.39. The highest BCUT2D eigenvalue weighted by Crippen LogP contribution is 2.12. The maximum atomic E-state index is 12.3. The molecular formula is C16H23N3O2. The van der Waals surface area contributed by atoms with Crippen molar-refractivity contribution in [2.75, 3.05) is 19.6 Å². The minimum atomic E-state index is -0.135. The van der Waals surface area contributed by atoms with E-state index in [0.717, 1.165) is 45.2 Å². The van der Waals surface area contributed by atoms with Crippen LogP contribution in [0, 0.1) is 0 Å². The molecule has 2 heterocycles. The van der Waals surface area contributed by atoms with E-state index in [9.17, 15) is 9.59 Å². The number of hydrogen-bond acceptors (Lipinski definition) is 3. The predicted molar refractivity (Wildman–Crippen MR) is 81.2 cm³/mol. The fourth-order valence-electron chi connectivity index (χ4n) is 2.45. The molecule has 5 heteroatoms. The van der Waals surface area contributed by atoms with Crippen molar-refractivity contribution in [1.82, 2.24) is 15.2 Å². The third-order valence-corrected chi connectivity index (χ3v) is 3.70. The molecule has 1 fully saturated rings. The summed E-state index contributed by atoms with van der Waals surface area (Å²) < 4.78 is 0. The highest BCUT2D eigenvalue weighted by atomic mass is 16.2. The third-order valence-electron chi connectivity index (χ3n) is 3.70. The molecule has 1 aliphatic rings. The first-order chi connectivity index (χ1) is 10.2. The van der Waals surface area contributed by atoms with Crippen LogP contribution in [0.1, 0.15) is 59.9 Å². The monoisotopic (exact) mass is 289 g/mol. The summed E-state index contributed by atoms with van der Waals surface area (Å²) >= 11 is 0. The lowest BCUT2D eigenvalue weighted by Gasteiger charge is -2.14. The highest BCUT2D eigenvalue weighted by molar-refractivity contribution is 5.98. The van der Waals surface area contributed by atoms with Gasteiger partial charge < -0.3 is 10.2 Å². The summed E-state index contributed by atoms with van der Waals surface area (Å²) in [7, 11) is 0. The number of nitrogens with zero attached hydrogens (tertiary/aromatic N) is 2. The Morgan fingerprint density at radius 3 is 2.76 bits per heavy atom. The molecule has 21 heavy (non-hydrogen) atoms. The molecule has 0 unspecified atom stereocenters. The quantitative estimate of drug-likeness (QED) is 0.817. The van der Waals surface area contributed by atoms with E-state index in [1.165, 1.54) is 6.20 Å². The predicted octanol–water partition coefficient (Wildman–Crippen LogP) is 2.24. The minimum Gasteiger partial charge on any atom is -0.352 e. The van der Waals surface area contributed by atoms with Gasteiger partial charge in [-0.3, -0.25) is 14.6 Å². The molecule has 1 N–H and O–H groups in total. The molecule has 0 saturated carbocycles. The number of pyridine rings is 1. The molecule has 1 saturated heterocycles. The highest BCUT2D eigenvalue weighted by Gasteiger charge is 2.21. The van der Waals surface area contributed by atoms with Crippen LogP contribution in [0.4, 0.5) is 0 Å². The van der Waals surface area contributed by atoms with E-state index < -0.39 is 0 Å². The first kappa shape index (κ1) is 15.5. The van der Waals surface area contributed by atoms with Crippen molar-refractivity contribution in [3.05, 3.63) is 29.6 Å². The SMILES string of the molecule is CCCCCNC(=O)c1ccnc(C(=O)N2CCCC2)c1. The minimum absolute atomic E-state index is 0.0758. The first-order valence-electron chi connectivity index (χ1n) is 7.76. The second kappa shape index (κ2) is 7.76. The zero-order valence-electron chi connectivity index (χ0n) is 12.6. The van der Waals surface area contributed by atoms with Crippen molar-refractivity contribution >= 4 is 11.8 Å². The summed E-state index contributed by atoms with van der Waals surface area (Å²) in [5.41, 5.74) is 0.863. The number of rotatable bonds is 6. The number of carbonyl (C=O) groups is 2. The van der Waals surface area contributed by atoms with Crippen LogP contribution in [-0.4, -0.2) is 41.3 Å². The molecule has 1 aromatic heterocycles. The van der Waals surface area contributed by atoms with Crippen molar-refractivity contribution in [2.24, 2.45) is 0 Å². The molecule has 0 aromatic carbocycles. The van der Waals surface area contributed by atoms with Crippen LogP contribution < -0.4 is 5.32 Å². The number of carbonyl (C=O) groups excluding carboxylic acids is 2. The molecule has 0 spiro atoms. The number of nitrogens with one attached hydrogen (secondary N) is 1. The average molecular weight is 289 g/mol. The molecule has 0 radical (unpaired) electrons. The van der Waals surface area contributed by atoms with E-state index in [4.69, 9.17) is 0 Å². The third kappa shape index (κ3) is 4.28. The van der Waals surface area contributed by atoms with Gasteiger partial charge in [-0.1, -0.05) is 19.8 Å². The lowest BCUT2D eigenvalue weighted by atomic mass is 10.2. The van der Waals surface area contributed by atoms with Crippen LogP contribution in [0.25, 0.3) is 0 Å². The van der Waals surface area contributed by atoms with Crippen LogP contribution in [0.3, 0.4) is 0 Å². The van der Waals surface area contributed by atoms with Crippen LogP contribution in [0.5, 0.6) is 0 Å². The van der Waals surface area contributed by atoms with Crippen molar-refractivity contribution in [3.8, 4) is 0 Å². The number of hydrogen-bond donors (Lipinski definition) is 1. The maximum absolute atomic E-state index is 12.3. The molecule has 0 atom stereocenters. The van der Waals surface area contributed by atoms with Crippen molar-refractivity contribution < 1.29 is 9.59 Å². The van der Waals surface area contributed by atoms with Gasteiger partial charge in [0.25, 0.3) is 11.8 Å². The van der Waals surface area contributed by atoms with Gasteiger partial charge in [0.15, 0.2) is 0 Å². The fourth-order valence-corrected chi connectivity index (χ4v) is 2.45. The normalized spacial score (nSPS) is 14.2. The molecule has 2 rings (SSSR count). The molecule has 0 bridgehead atoms. The number of amides is 2. The first-order valence-corrected chi connectivity index (χ1v) is 7.76. The van der Waals surface area contributed by atoms with E-state index in [1.54, 1.807) is 17.0 Å². The van der Waals surface area contributed by atoms with Gasteiger partial charge in [-0.15, -0.1) is 0 Å². The Kier molecular flexibility index (Phi) is 5.72. The van der Waals surface area contributed by atoms with Gasteiger partial charge in [0.05, 0.1) is 0 Å². The summed E-state index contributed by atoms with van der Waals surface area (Å²) in [6.45, 7) is 4.37. The summed E-state index contributed by atoms with van der Waals surface area (Å²) in [5, 5.41) is 2.88. The number of likely N-dealkylation sites (tertiary alicyclic amines) is 1. The molecule has 2 amide bonds. The molecule has 114 valence electrons. The maximum Gasteiger partial charge on any atom is 0.272 e. The van der Waals surface area contributed by atoms with Gasteiger partial charge in [-0.05, 0) is 31.4 Å². The van der Waals surface area contributed by atoms with Crippen LogP contribution in [0.2, 0.25) is 0 Å². The van der Waals surface area contributed by atoms with Gasteiger partial charge in [-0.2, -0.15) is 0 Å². The Morgan fingerprint density at radius 2 is 2.05 bits per heavy atom. The molecule has 0 aliphatic carbocycles. The Hall–Kier alpha value is -1.91. The molecular weight excluding hydrogens is 266 g/mol. The fraction of sp³-hybridized carbons (Fsp3) is 0.562. The largest absolute Gasteiger partial charge is 0.352 e. The lowest BCUT2D eigenvalue weighted by molar-refractivity contribution is 0.0787. The van der Waals surface area contributed by atoms with Gasteiger partial charge in [0, 0.05) is 31.4 Å². The summed E-state index contributed by atoms with van der Waals surface area (Å²) in [6.07, 6.45) is 6.83. The zero-order valence-corrected chi connectivity index (χ0v) is 12.6. The Bertz CT molecular complexity index is 496. The van der Waals surface area contributed by atoms with Gasteiger partial charge in [0.2, 0.25) is 0 Å². The van der Waals surface area contributed by atoms with E-state index in [2.05, 4.69) is 17.2 Å². The Labute approximate surface area is 125 Å². The van der Waals surface area contributed by atoms with E-state index in [1.807, 2.05) is 0 Å². The van der Waals surface area contributed by atoms with Gasteiger partial charge in [-0.25, -0.2) is 0 Å². The standard InChI is InChI=1S/C16H23N3O2/c1-2-3-4-8-18-15(20)13-7-9-17-14(12-13)16(21)19-10-5-6-11-19/h7,9,12H,2-6,8,10-11H2,1H3,(H,18,20). The zero-order chi connectivity index (χ0) is 15.1. The second-order valence-corrected chi connectivity index (χ2v) is 5.39. The van der Waals surface area contributed by atoms with Crippen molar-refractivity contribution in [2.45, 2.75) is 39.0 Å². The van der Waals surface area contributed by atoms with Gasteiger partial charge in [0.1, 0.15) is 5.69 Å². The van der Waals surface area contributed by atoms with Crippen LogP contribution in [-0.2, 0) is 0 Å². The van der Waals surface area contributed by atoms with Crippen molar-refractivity contribution in [1.29, 1.82) is 0 Å². The number of aromatic nitrogens is 1. The smallest absolute Gasteiger partial charge is 0.272 e. The molecule has 5 nitrogen and oxygen atoms in total. The average Bonchev–Trinajstić information content (AvgIpc) is 3.05. The topological polar surface area (TPSA) is 62.3 Å². The van der Waals surface area contributed by atoms with E-state index in [-0.39, 0.29) is 11.8 Å². The number of unbranched alkanes of at least 4 members (excludes halogenated alkanes) is 2. The van der Waals surface area contributed by atoms with E-state index in [0.29, 0.717) is 17.8 Å². The lowest BCUT2D eigenvalue weighted by Crippen LogP contribution is -2.29. The Balaban J connectivity index is 1.96. The summed E-state index contributed by atoms with van der Waals surface area (Å²) in [6, 6.07) is 3.24. The summed E-state index contributed by atoms with van der Waals surface area (Å²) in [5.74, 6) is -0.211. The van der Waals surface area contributed by atoms with E-state index >= 15 is 0 Å². The van der Waals surface area contributed by atoms with Crippen LogP contribution >= 0.6 is 0 Å². The van der Waals surface area contributed by atoms with Crippen molar-refractivity contribution in [3.63, 3.8) is 0 Å². The van der Waals surface area contributed by atoms with Gasteiger partial charge >= 0.3 is 0 Å². The summed E-state index contributed by atoms with van der Waals surface area (Å²) in [4.78, 5) is 30.2. The molecule has 1 aliphatic heterocycles.